The Balaban J connectivity index is 1.76. The van der Waals surface area contributed by atoms with Gasteiger partial charge in [-0.15, -0.1) is 0 Å². The average Bonchev–Trinajstić information content (AvgIpc) is 2.48. The third-order valence-corrected chi connectivity index (χ3v) is 3.72. The third-order valence-electron chi connectivity index (χ3n) is 3.72. The summed E-state index contributed by atoms with van der Waals surface area (Å²) in [5.41, 5.74) is 0. The quantitative estimate of drug-likeness (QED) is 0.873. The van der Waals surface area contributed by atoms with Crippen LogP contribution in [-0.2, 0) is 4.79 Å². The van der Waals surface area contributed by atoms with E-state index in [1.807, 2.05) is 0 Å². The lowest BCUT2D eigenvalue weighted by Gasteiger charge is -2.29. The molecule has 1 aliphatic rings. The van der Waals surface area contributed by atoms with Crippen LogP contribution in [0.25, 0.3) is 0 Å². The van der Waals surface area contributed by atoms with Crippen LogP contribution in [0.4, 0.5) is 0 Å². The molecule has 0 saturated heterocycles. The molecule has 1 N–H and O–H groups in total. The minimum atomic E-state index is 0.125. The second-order valence-electron chi connectivity index (χ2n) is 6.16. The van der Waals surface area contributed by atoms with Crippen LogP contribution >= 0.6 is 0 Å². The topological polar surface area (TPSA) is 73.3 Å². The number of nitrogens with zero attached hydrogens (tertiary/aromatic N) is 2. The van der Waals surface area contributed by atoms with Gasteiger partial charge in [-0.3, -0.25) is 9.78 Å². The summed E-state index contributed by atoms with van der Waals surface area (Å²) < 4.78 is 10.9. The normalized spacial score (nSPS) is 21.5. The zero-order valence-electron chi connectivity index (χ0n) is 13.5. The number of hydrogen-bond acceptors (Lipinski definition) is 5. The maximum atomic E-state index is 11.8. The van der Waals surface area contributed by atoms with Crippen molar-refractivity contribution < 1.29 is 14.3 Å². The smallest absolute Gasteiger partial charge is 0.235 e. The van der Waals surface area contributed by atoms with Crippen LogP contribution in [-0.4, -0.2) is 35.1 Å². The lowest BCUT2D eigenvalue weighted by molar-refractivity contribution is -0.122. The molecule has 0 radical (unpaired) electrons. The number of amides is 1. The lowest BCUT2D eigenvalue weighted by atomic mass is 9.92. The number of carbonyl (C=O) groups excluding carboxylic acids is 1. The highest BCUT2D eigenvalue weighted by Crippen LogP contribution is 2.23. The minimum Gasteiger partial charge on any atom is -0.480 e. The molecule has 1 aliphatic carbocycles. The average molecular weight is 307 g/mol. The van der Waals surface area contributed by atoms with Crippen LogP contribution in [0.5, 0.6) is 11.8 Å². The van der Waals surface area contributed by atoms with Crippen LogP contribution in [0.2, 0.25) is 0 Å². The second-order valence-corrected chi connectivity index (χ2v) is 6.16. The number of hydrogen-bond donors (Lipinski definition) is 1. The number of ether oxygens (including phenoxy) is 2. The summed E-state index contributed by atoms with van der Waals surface area (Å²) in [6, 6.07) is 0.266. The van der Waals surface area contributed by atoms with E-state index in [0.717, 1.165) is 25.7 Å². The Morgan fingerprint density at radius 3 is 2.59 bits per heavy atom. The number of methoxy groups -OCH3 is 1. The van der Waals surface area contributed by atoms with E-state index in [4.69, 9.17) is 9.47 Å². The molecule has 2 rings (SSSR count). The van der Waals surface area contributed by atoms with Crippen molar-refractivity contribution in [2.45, 2.75) is 58.1 Å². The fourth-order valence-electron chi connectivity index (χ4n) is 2.64. The molecule has 1 amide bonds. The van der Waals surface area contributed by atoms with Gasteiger partial charge in [-0.25, -0.2) is 0 Å². The molecule has 0 atom stereocenters. The van der Waals surface area contributed by atoms with Crippen molar-refractivity contribution in [1.29, 1.82) is 0 Å². The highest BCUT2D eigenvalue weighted by Gasteiger charge is 2.24. The number of rotatable bonds is 6. The molecule has 1 fully saturated rings. The Morgan fingerprint density at radius 2 is 1.95 bits per heavy atom. The lowest BCUT2D eigenvalue weighted by Crippen LogP contribution is -2.40. The first-order chi connectivity index (χ1) is 10.6. The van der Waals surface area contributed by atoms with Gasteiger partial charge in [0.05, 0.1) is 19.5 Å². The number of carbonyl (C=O) groups is 1. The largest absolute Gasteiger partial charge is 0.480 e. The van der Waals surface area contributed by atoms with E-state index in [0.29, 0.717) is 24.1 Å². The Kier molecular flexibility index (Phi) is 5.98. The monoisotopic (exact) mass is 307 g/mol. The molecule has 1 heterocycles. The Morgan fingerprint density at radius 1 is 1.27 bits per heavy atom. The predicted molar refractivity (Wildman–Crippen MR) is 82.9 cm³/mol. The summed E-state index contributed by atoms with van der Waals surface area (Å²) in [6.45, 7) is 4.11. The van der Waals surface area contributed by atoms with Gasteiger partial charge in [0.2, 0.25) is 17.7 Å². The first-order valence-corrected chi connectivity index (χ1v) is 7.89. The molecule has 1 aromatic rings. The molecule has 1 saturated carbocycles. The highest BCUT2D eigenvalue weighted by molar-refractivity contribution is 5.76. The van der Waals surface area contributed by atoms with Gasteiger partial charge < -0.3 is 14.8 Å². The van der Waals surface area contributed by atoms with Crippen molar-refractivity contribution in [2.24, 2.45) is 5.92 Å². The molecule has 1 aromatic heterocycles. The standard InChI is InChI=1S/C16H25N3O3/c1-11(2)8-14(20)18-12-4-6-13(7-5-12)22-16-10-17-9-15(19-16)21-3/h9-13H,4-8H2,1-3H3,(H,18,20). The molecule has 122 valence electrons. The molecule has 6 heteroatoms. The van der Waals surface area contributed by atoms with Gasteiger partial charge in [-0.05, 0) is 31.6 Å². The van der Waals surface area contributed by atoms with Gasteiger partial charge in [0.15, 0.2) is 0 Å². The fraction of sp³-hybridized carbons (Fsp3) is 0.688. The van der Waals surface area contributed by atoms with Crippen LogP contribution in [0.1, 0.15) is 46.0 Å². The van der Waals surface area contributed by atoms with E-state index >= 15 is 0 Å². The van der Waals surface area contributed by atoms with Crippen molar-refractivity contribution >= 4 is 5.91 Å². The van der Waals surface area contributed by atoms with Crippen molar-refractivity contribution in [3.8, 4) is 11.8 Å². The number of nitrogens with one attached hydrogen (secondary N) is 1. The van der Waals surface area contributed by atoms with Crippen LogP contribution in [0, 0.1) is 5.92 Å². The zero-order chi connectivity index (χ0) is 15.9. The maximum absolute atomic E-state index is 11.8. The van der Waals surface area contributed by atoms with E-state index in [2.05, 4.69) is 29.1 Å². The van der Waals surface area contributed by atoms with Crippen molar-refractivity contribution in [3.63, 3.8) is 0 Å². The van der Waals surface area contributed by atoms with E-state index in [-0.39, 0.29) is 18.1 Å². The van der Waals surface area contributed by atoms with Gasteiger partial charge in [-0.2, -0.15) is 4.98 Å². The zero-order valence-corrected chi connectivity index (χ0v) is 13.5. The molecule has 0 unspecified atom stereocenters. The number of aromatic nitrogens is 2. The van der Waals surface area contributed by atoms with Gasteiger partial charge in [0.25, 0.3) is 0 Å². The molecule has 0 aliphatic heterocycles. The summed E-state index contributed by atoms with van der Waals surface area (Å²) in [6.07, 6.45) is 7.55. The summed E-state index contributed by atoms with van der Waals surface area (Å²) in [5.74, 6) is 1.49. The molecule has 0 spiro atoms. The summed E-state index contributed by atoms with van der Waals surface area (Å²) in [4.78, 5) is 20.0. The van der Waals surface area contributed by atoms with E-state index in [9.17, 15) is 4.79 Å². The van der Waals surface area contributed by atoms with Crippen molar-refractivity contribution in [3.05, 3.63) is 12.4 Å². The Hall–Kier alpha value is -1.85. The second kappa shape index (κ2) is 7.96. The summed E-state index contributed by atoms with van der Waals surface area (Å²) in [7, 11) is 1.55. The first kappa shape index (κ1) is 16.5. The molecule has 6 nitrogen and oxygen atoms in total. The highest BCUT2D eigenvalue weighted by atomic mass is 16.5. The third kappa shape index (κ3) is 5.16. The summed E-state index contributed by atoms with van der Waals surface area (Å²) >= 11 is 0. The summed E-state index contributed by atoms with van der Waals surface area (Å²) in [5, 5.41) is 3.11. The van der Waals surface area contributed by atoms with Crippen molar-refractivity contribution in [1.82, 2.24) is 15.3 Å². The molecule has 0 bridgehead atoms. The van der Waals surface area contributed by atoms with Crippen molar-refractivity contribution in [2.75, 3.05) is 7.11 Å². The van der Waals surface area contributed by atoms with Crippen LogP contribution in [0.15, 0.2) is 12.4 Å². The van der Waals surface area contributed by atoms with E-state index < -0.39 is 0 Å². The SMILES string of the molecule is COc1cncc(OC2CCC(NC(=O)CC(C)C)CC2)n1. The van der Waals surface area contributed by atoms with Gasteiger partial charge in [-0.1, -0.05) is 13.8 Å². The molecule has 22 heavy (non-hydrogen) atoms. The first-order valence-electron chi connectivity index (χ1n) is 7.89. The Bertz CT molecular complexity index is 485. The Labute approximate surface area is 131 Å². The molecular formula is C16H25N3O3. The predicted octanol–water partition coefficient (Wildman–Crippen LogP) is 2.34. The van der Waals surface area contributed by atoms with E-state index in [1.54, 1.807) is 19.5 Å². The van der Waals surface area contributed by atoms with Gasteiger partial charge >= 0.3 is 0 Å². The molecule has 0 aromatic carbocycles. The van der Waals surface area contributed by atoms with Crippen LogP contribution in [0.3, 0.4) is 0 Å². The molecular weight excluding hydrogens is 282 g/mol. The van der Waals surface area contributed by atoms with Gasteiger partial charge in [0, 0.05) is 12.5 Å². The van der Waals surface area contributed by atoms with Crippen LogP contribution < -0.4 is 14.8 Å². The fourth-order valence-corrected chi connectivity index (χ4v) is 2.64. The van der Waals surface area contributed by atoms with Gasteiger partial charge in [0.1, 0.15) is 6.10 Å². The van der Waals surface area contributed by atoms with E-state index in [1.165, 1.54) is 0 Å². The maximum Gasteiger partial charge on any atom is 0.235 e. The minimum absolute atomic E-state index is 0.125.